The maximum atomic E-state index is 6.28. The van der Waals surface area contributed by atoms with E-state index in [4.69, 9.17) is 5.73 Å². The Morgan fingerprint density at radius 1 is 1.20 bits per heavy atom. The SMILES string of the molecule is CCC(N)c1ccccc1N1CCC(N2CCCC2)C1. The molecule has 2 unspecified atom stereocenters. The average molecular weight is 273 g/mol. The molecule has 0 radical (unpaired) electrons. The summed E-state index contributed by atoms with van der Waals surface area (Å²) in [6.45, 7) is 7.11. The van der Waals surface area contributed by atoms with Crippen molar-refractivity contribution in [1.29, 1.82) is 0 Å². The van der Waals surface area contributed by atoms with E-state index in [-0.39, 0.29) is 6.04 Å². The topological polar surface area (TPSA) is 32.5 Å². The van der Waals surface area contributed by atoms with Crippen molar-refractivity contribution in [3.63, 3.8) is 0 Å². The average Bonchev–Trinajstić information content (AvgIpc) is 3.17. The van der Waals surface area contributed by atoms with Crippen molar-refractivity contribution >= 4 is 5.69 Å². The van der Waals surface area contributed by atoms with E-state index in [1.165, 1.54) is 56.7 Å². The highest BCUT2D eigenvalue weighted by Crippen LogP contribution is 2.31. The first-order valence-corrected chi connectivity index (χ1v) is 8.13. The number of anilines is 1. The molecule has 0 aromatic heterocycles. The predicted octanol–water partition coefficient (Wildman–Crippen LogP) is 2.77. The number of nitrogens with zero attached hydrogens (tertiary/aromatic N) is 2. The third-order valence-corrected chi connectivity index (χ3v) is 4.94. The lowest BCUT2D eigenvalue weighted by atomic mass is 10.0. The largest absolute Gasteiger partial charge is 0.370 e. The van der Waals surface area contributed by atoms with Crippen LogP contribution in [-0.4, -0.2) is 37.1 Å². The second kappa shape index (κ2) is 6.15. The van der Waals surface area contributed by atoms with Crippen LogP contribution in [0.25, 0.3) is 0 Å². The highest BCUT2D eigenvalue weighted by molar-refractivity contribution is 5.56. The molecule has 3 heteroatoms. The molecule has 2 saturated heterocycles. The number of hydrogen-bond donors (Lipinski definition) is 1. The Hall–Kier alpha value is -1.06. The summed E-state index contributed by atoms with van der Waals surface area (Å²) in [6, 6.07) is 9.62. The summed E-state index contributed by atoms with van der Waals surface area (Å²) in [5.41, 5.74) is 8.96. The monoisotopic (exact) mass is 273 g/mol. The minimum absolute atomic E-state index is 0.164. The van der Waals surface area contributed by atoms with Gasteiger partial charge in [-0.05, 0) is 50.4 Å². The summed E-state index contributed by atoms with van der Waals surface area (Å²) in [4.78, 5) is 5.23. The van der Waals surface area contributed by atoms with Gasteiger partial charge in [-0.2, -0.15) is 0 Å². The van der Waals surface area contributed by atoms with Crippen LogP contribution >= 0.6 is 0 Å². The van der Waals surface area contributed by atoms with Crippen LogP contribution in [0.3, 0.4) is 0 Å². The lowest BCUT2D eigenvalue weighted by Crippen LogP contribution is -2.35. The molecule has 0 bridgehead atoms. The molecule has 2 aliphatic rings. The van der Waals surface area contributed by atoms with E-state index in [0.717, 1.165) is 12.5 Å². The second-order valence-electron chi connectivity index (χ2n) is 6.21. The van der Waals surface area contributed by atoms with Gasteiger partial charge in [0, 0.05) is 30.9 Å². The maximum absolute atomic E-state index is 6.28. The Morgan fingerprint density at radius 3 is 2.70 bits per heavy atom. The second-order valence-corrected chi connectivity index (χ2v) is 6.21. The molecule has 3 nitrogen and oxygen atoms in total. The number of benzene rings is 1. The molecule has 2 fully saturated rings. The van der Waals surface area contributed by atoms with Crippen LogP contribution in [0, 0.1) is 0 Å². The third kappa shape index (κ3) is 2.70. The van der Waals surface area contributed by atoms with Gasteiger partial charge in [0.05, 0.1) is 0 Å². The Kier molecular flexibility index (Phi) is 4.27. The van der Waals surface area contributed by atoms with Crippen molar-refractivity contribution < 1.29 is 0 Å². The summed E-state index contributed by atoms with van der Waals surface area (Å²) in [5, 5.41) is 0. The van der Waals surface area contributed by atoms with Gasteiger partial charge in [-0.3, -0.25) is 4.90 Å². The van der Waals surface area contributed by atoms with E-state index in [1.807, 2.05) is 0 Å². The molecule has 2 N–H and O–H groups in total. The summed E-state index contributed by atoms with van der Waals surface area (Å²) in [6.07, 6.45) is 5.07. The molecule has 2 heterocycles. The molecule has 110 valence electrons. The van der Waals surface area contributed by atoms with Crippen molar-refractivity contribution in [2.24, 2.45) is 5.73 Å². The summed E-state index contributed by atoms with van der Waals surface area (Å²) in [5.74, 6) is 0. The standard InChI is InChI=1S/C17H27N3/c1-2-16(18)15-7-3-4-8-17(15)20-12-9-14(13-20)19-10-5-6-11-19/h3-4,7-8,14,16H,2,5-6,9-13,18H2,1H3. The van der Waals surface area contributed by atoms with Gasteiger partial charge in [0.1, 0.15) is 0 Å². The fourth-order valence-electron chi connectivity index (χ4n) is 3.67. The van der Waals surface area contributed by atoms with E-state index in [9.17, 15) is 0 Å². The normalized spacial score (nSPS) is 25.3. The predicted molar refractivity (Wildman–Crippen MR) is 85.1 cm³/mol. The zero-order valence-corrected chi connectivity index (χ0v) is 12.6. The molecular formula is C17H27N3. The first-order chi connectivity index (χ1) is 9.79. The fraction of sp³-hybridized carbons (Fsp3) is 0.647. The number of likely N-dealkylation sites (tertiary alicyclic amines) is 1. The van der Waals surface area contributed by atoms with E-state index in [0.29, 0.717) is 0 Å². The van der Waals surface area contributed by atoms with Crippen LogP contribution in [0.15, 0.2) is 24.3 Å². The lowest BCUT2D eigenvalue weighted by Gasteiger charge is -2.27. The highest BCUT2D eigenvalue weighted by atomic mass is 15.3. The molecule has 2 atom stereocenters. The zero-order valence-electron chi connectivity index (χ0n) is 12.6. The smallest absolute Gasteiger partial charge is 0.0415 e. The zero-order chi connectivity index (χ0) is 13.9. The van der Waals surface area contributed by atoms with Gasteiger partial charge in [0.2, 0.25) is 0 Å². The van der Waals surface area contributed by atoms with Crippen molar-refractivity contribution in [1.82, 2.24) is 4.90 Å². The van der Waals surface area contributed by atoms with Crippen molar-refractivity contribution in [2.45, 2.75) is 44.7 Å². The minimum Gasteiger partial charge on any atom is -0.370 e. The van der Waals surface area contributed by atoms with Gasteiger partial charge >= 0.3 is 0 Å². The summed E-state index contributed by atoms with van der Waals surface area (Å²) >= 11 is 0. The molecule has 0 saturated carbocycles. The Labute approximate surface area is 122 Å². The van der Waals surface area contributed by atoms with Crippen LogP contribution in [-0.2, 0) is 0 Å². The van der Waals surface area contributed by atoms with Crippen LogP contribution in [0.4, 0.5) is 5.69 Å². The van der Waals surface area contributed by atoms with Gasteiger partial charge in [0.15, 0.2) is 0 Å². The summed E-state index contributed by atoms with van der Waals surface area (Å²) < 4.78 is 0. The Bertz CT molecular complexity index is 440. The first-order valence-electron chi connectivity index (χ1n) is 8.13. The molecular weight excluding hydrogens is 246 g/mol. The van der Waals surface area contributed by atoms with Gasteiger partial charge in [-0.25, -0.2) is 0 Å². The lowest BCUT2D eigenvalue weighted by molar-refractivity contribution is 0.260. The third-order valence-electron chi connectivity index (χ3n) is 4.94. The van der Waals surface area contributed by atoms with Crippen molar-refractivity contribution in [2.75, 3.05) is 31.1 Å². The fourth-order valence-corrected chi connectivity index (χ4v) is 3.67. The van der Waals surface area contributed by atoms with Gasteiger partial charge in [-0.15, -0.1) is 0 Å². The molecule has 20 heavy (non-hydrogen) atoms. The molecule has 2 aliphatic heterocycles. The number of hydrogen-bond acceptors (Lipinski definition) is 3. The van der Waals surface area contributed by atoms with Crippen LogP contribution in [0.5, 0.6) is 0 Å². The molecule has 1 aromatic carbocycles. The van der Waals surface area contributed by atoms with E-state index in [2.05, 4.69) is 41.0 Å². The van der Waals surface area contributed by atoms with Gasteiger partial charge in [-0.1, -0.05) is 25.1 Å². The van der Waals surface area contributed by atoms with Crippen LogP contribution < -0.4 is 10.6 Å². The van der Waals surface area contributed by atoms with E-state index >= 15 is 0 Å². The van der Waals surface area contributed by atoms with Crippen LogP contribution in [0.1, 0.15) is 44.2 Å². The van der Waals surface area contributed by atoms with Crippen molar-refractivity contribution in [3.05, 3.63) is 29.8 Å². The highest BCUT2D eigenvalue weighted by Gasteiger charge is 2.30. The summed E-state index contributed by atoms with van der Waals surface area (Å²) in [7, 11) is 0. The number of nitrogens with two attached hydrogens (primary N) is 1. The number of para-hydroxylation sites is 1. The van der Waals surface area contributed by atoms with E-state index < -0.39 is 0 Å². The Balaban J connectivity index is 1.74. The van der Waals surface area contributed by atoms with Crippen LogP contribution in [0.2, 0.25) is 0 Å². The quantitative estimate of drug-likeness (QED) is 0.915. The van der Waals surface area contributed by atoms with E-state index in [1.54, 1.807) is 0 Å². The van der Waals surface area contributed by atoms with Gasteiger partial charge < -0.3 is 10.6 Å². The van der Waals surface area contributed by atoms with Crippen molar-refractivity contribution in [3.8, 4) is 0 Å². The molecule has 1 aromatic rings. The maximum Gasteiger partial charge on any atom is 0.0415 e. The van der Waals surface area contributed by atoms with Gasteiger partial charge in [0.25, 0.3) is 0 Å². The molecule has 0 aliphatic carbocycles. The first kappa shape index (κ1) is 13.9. The Morgan fingerprint density at radius 2 is 1.95 bits per heavy atom. The minimum atomic E-state index is 0.164. The molecule has 3 rings (SSSR count). The number of rotatable bonds is 4. The molecule has 0 spiro atoms. The molecule has 0 amide bonds.